The molecule has 3 rings (SSSR count). The molecule has 0 aliphatic carbocycles. The molecule has 0 atom stereocenters. The third-order valence-corrected chi connectivity index (χ3v) is 4.95. The van der Waals surface area contributed by atoms with E-state index < -0.39 is 0 Å². The summed E-state index contributed by atoms with van der Waals surface area (Å²) in [5.41, 5.74) is 3.25. The Morgan fingerprint density at radius 2 is 1.74 bits per heavy atom. The summed E-state index contributed by atoms with van der Waals surface area (Å²) in [5, 5.41) is 4.13. The highest BCUT2D eigenvalue weighted by Gasteiger charge is 2.13. The Labute approximate surface area is 178 Å². The van der Waals surface area contributed by atoms with E-state index >= 15 is 0 Å². The first-order valence-electron chi connectivity index (χ1n) is 8.77. The van der Waals surface area contributed by atoms with Gasteiger partial charge in [-0.05, 0) is 77.0 Å². The summed E-state index contributed by atoms with van der Waals surface area (Å²) in [4.78, 5) is 0. The lowest BCUT2D eigenvalue weighted by molar-refractivity contribution is 0.267. The Kier molecular flexibility index (Phi) is 7.24. The number of ether oxygens (including phenoxy) is 2. The molecule has 0 aliphatic heterocycles. The Hall–Kier alpha value is -1.92. The highest BCUT2D eigenvalue weighted by atomic mass is 127. The highest BCUT2D eigenvalue weighted by molar-refractivity contribution is 14.1. The van der Waals surface area contributed by atoms with Crippen molar-refractivity contribution in [2.45, 2.75) is 20.1 Å². The fourth-order valence-electron chi connectivity index (χ4n) is 2.67. The molecule has 0 bridgehead atoms. The quantitative estimate of drug-likeness (QED) is 0.362. The van der Waals surface area contributed by atoms with E-state index in [1.165, 1.54) is 0 Å². The van der Waals surface area contributed by atoms with Crippen LogP contribution in [0.1, 0.15) is 18.1 Å². The van der Waals surface area contributed by atoms with Gasteiger partial charge in [0, 0.05) is 17.3 Å². The van der Waals surface area contributed by atoms with Crippen LogP contribution < -0.4 is 14.8 Å². The number of anilines is 1. The standard InChI is InChI=1S/C22H21ClINO2/c1-2-26-21-13-17(14-25-19-9-4-3-5-10-19)12-20(24)22(21)27-15-16-7-6-8-18(23)11-16/h3-13,25H,2,14-15H2,1H3. The maximum atomic E-state index is 6.07. The van der Waals surface area contributed by atoms with Gasteiger partial charge in [0.15, 0.2) is 11.5 Å². The van der Waals surface area contributed by atoms with Crippen molar-refractivity contribution in [3.8, 4) is 11.5 Å². The summed E-state index contributed by atoms with van der Waals surface area (Å²) in [6, 6.07) is 22.0. The van der Waals surface area contributed by atoms with Gasteiger partial charge in [0.25, 0.3) is 0 Å². The van der Waals surface area contributed by atoms with Crippen molar-refractivity contribution in [1.29, 1.82) is 0 Å². The normalized spacial score (nSPS) is 10.5. The van der Waals surface area contributed by atoms with E-state index in [9.17, 15) is 0 Å². The zero-order valence-corrected chi connectivity index (χ0v) is 18.0. The lowest BCUT2D eigenvalue weighted by Gasteiger charge is -2.16. The fraction of sp³-hybridized carbons (Fsp3) is 0.182. The second kappa shape index (κ2) is 9.85. The summed E-state index contributed by atoms with van der Waals surface area (Å²) < 4.78 is 12.9. The van der Waals surface area contributed by atoms with Crippen LogP contribution in [0.2, 0.25) is 5.02 Å². The van der Waals surface area contributed by atoms with E-state index in [-0.39, 0.29) is 0 Å². The molecule has 3 nitrogen and oxygen atoms in total. The molecule has 3 aromatic rings. The van der Waals surface area contributed by atoms with Gasteiger partial charge in [-0.3, -0.25) is 0 Å². The molecule has 0 saturated carbocycles. The summed E-state index contributed by atoms with van der Waals surface area (Å²) in [7, 11) is 0. The predicted molar refractivity (Wildman–Crippen MR) is 120 cm³/mol. The molecule has 5 heteroatoms. The van der Waals surface area contributed by atoms with Gasteiger partial charge >= 0.3 is 0 Å². The van der Waals surface area contributed by atoms with Crippen LogP contribution in [0.5, 0.6) is 11.5 Å². The van der Waals surface area contributed by atoms with Gasteiger partial charge in [0.2, 0.25) is 0 Å². The predicted octanol–water partition coefficient (Wildman–Crippen LogP) is 6.53. The summed E-state index contributed by atoms with van der Waals surface area (Å²) >= 11 is 8.35. The second-order valence-electron chi connectivity index (χ2n) is 5.98. The molecule has 0 saturated heterocycles. The molecule has 0 unspecified atom stereocenters. The third kappa shape index (κ3) is 5.78. The van der Waals surface area contributed by atoms with E-state index in [4.69, 9.17) is 21.1 Å². The van der Waals surface area contributed by atoms with E-state index in [1.54, 1.807) is 0 Å². The van der Waals surface area contributed by atoms with E-state index in [2.05, 4.69) is 46.1 Å². The minimum Gasteiger partial charge on any atom is -0.490 e. The summed E-state index contributed by atoms with van der Waals surface area (Å²) in [5.74, 6) is 1.53. The van der Waals surface area contributed by atoms with Crippen molar-refractivity contribution in [3.05, 3.63) is 86.4 Å². The average molecular weight is 494 g/mol. The number of hydrogen-bond acceptors (Lipinski definition) is 3. The molecule has 0 fully saturated rings. The van der Waals surface area contributed by atoms with Gasteiger partial charge in [-0.25, -0.2) is 0 Å². The van der Waals surface area contributed by atoms with Crippen molar-refractivity contribution >= 4 is 39.9 Å². The van der Waals surface area contributed by atoms with Crippen molar-refractivity contribution < 1.29 is 9.47 Å². The van der Waals surface area contributed by atoms with Crippen molar-refractivity contribution in [1.82, 2.24) is 0 Å². The van der Waals surface area contributed by atoms with Crippen molar-refractivity contribution in [2.75, 3.05) is 11.9 Å². The van der Waals surface area contributed by atoms with Crippen LogP contribution in [0, 0.1) is 3.57 Å². The molecule has 27 heavy (non-hydrogen) atoms. The van der Waals surface area contributed by atoms with Crippen LogP contribution in [0.15, 0.2) is 66.7 Å². The smallest absolute Gasteiger partial charge is 0.174 e. The van der Waals surface area contributed by atoms with Crippen molar-refractivity contribution in [2.24, 2.45) is 0 Å². The van der Waals surface area contributed by atoms with Crippen molar-refractivity contribution in [3.63, 3.8) is 0 Å². The first kappa shape index (κ1) is 19.8. The Bertz CT molecular complexity index is 887. The van der Waals surface area contributed by atoms with E-state index in [0.717, 1.165) is 31.9 Å². The monoisotopic (exact) mass is 493 g/mol. The van der Waals surface area contributed by atoms with Gasteiger partial charge < -0.3 is 14.8 Å². The Balaban J connectivity index is 1.75. The largest absolute Gasteiger partial charge is 0.490 e. The highest BCUT2D eigenvalue weighted by Crippen LogP contribution is 2.35. The van der Waals surface area contributed by atoms with Crippen LogP contribution in [0.25, 0.3) is 0 Å². The SMILES string of the molecule is CCOc1cc(CNc2ccccc2)cc(I)c1OCc1cccc(Cl)c1. The molecule has 140 valence electrons. The molecule has 0 amide bonds. The number of nitrogens with one attached hydrogen (secondary N) is 1. The minimum atomic E-state index is 0.443. The van der Waals surface area contributed by atoms with Crippen LogP contribution in [0.3, 0.4) is 0 Å². The van der Waals surface area contributed by atoms with Crippen LogP contribution in [0.4, 0.5) is 5.69 Å². The average Bonchev–Trinajstić information content (AvgIpc) is 2.67. The molecule has 0 heterocycles. The Morgan fingerprint density at radius 3 is 2.48 bits per heavy atom. The number of para-hydroxylation sites is 1. The molecular weight excluding hydrogens is 473 g/mol. The van der Waals surface area contributed by atoms with Crippen LogP contribution in [-0.2, 0) is 13.2 Å². The molecule has 0 spiro atoms. The Morgan fingerprint density at radius 1 is 0.926 bits per heavy atom. The fourth-order valence-corrected chi connectivity index (χ4v) is 3.70. The summed E-state index contributed by atoms with van der Waals surface area (Å²) in [6.07, 6.45) is 0. The third-order valence-electron chi connectivity index (χ3n) is 3.91. The lowest BCUT2D eigenvalue weighted by Crippen LogP contribution is -2.05. The first-order chi connectivity index (χ1) is 13.2. The second-order valence-corrected chi connectivity index (χ2v) is 7.57. The zero-order chi connectivity index (χ0) is 19.1. The first-order valence-corrected chi connectivity index (χ1v) is 10.2. The maximum absolute atomic E-state index is 6.07. The molecular formula is C22H21ClINO2. The molecule has 0 aromatic heterocycles. The van der Waals surface area contributed by atoms with E-state index in [1.807, 2.05) is 55.5 Å². The number of halogens is 2. The van der Waals surface area contributed by atoms with Gasteiger partial charge in [0.05, 0.1) is 10.2 Å². The number of benzene rings is 3. The lowest BCUT2D eigenvalue weighted by atomic mass is 10.2. The van der Waals surface area contributed by atoms with Gasteiger partial charge in [-0.15, -0.1) is 0 Å². The molecule has 0 aliphatic rings. The zero-order valence-electron chi connectivity index (χ0n) is 15.0. The van der Waals surface area contributed by atoms with Crippen LogP contribution >= 0.6 is 34.2 Å². The molecule has 0 radical (unpaired) electrons. The number of hydrogen-bond donors (Lipinski definition) is 1. The topological polar surface area (TPSA) is 30.5 Å². The van der Waals surface area contributed by atoms with E-state index in [0.29, 0.717) is 24.8 Å². The summed E-state index contributed by atoms with van der Waals surface area (Å²) in [6.45, 7) is 3.72. The van der Waals surface area contributed by atoms with Crippen LogP contribution in [-0.4, -0.2) is 6.61 Å². The number of rotatable bonds is 8. The molecule has 3 aromatic carbocycles. The molecule has 1 N–H and O–H groups in total. The maximum Gasteiger partial charge on any atom is 0.174 e. The van der Waals surface area contributed by atoms with Gasteiger partial charge in [0.1, 0.15) is 6.61 Å². The van der Waals surface area contributed by atoms with Gasteiger partial charge in [-0.2, -0.15) is 0 Å². The van der Waals surface area contributed by atoms with Gasteiger partial charge in [-0.1, -0.05) is 41.9 Å². The minimum absolute atomic E-state index is 0.443.